The summed E-state index contributed by atoms with van der Waals surface area (Å²) in [5.74, 6) is -2.31. The quantitative estimate of drug-likeness (QED) is 0.395. The number of aliphatic carboxylic acids is 1. The fourth-order valence-corrected chi connectivity index (χ4v) is 3.53. The monoisotopic (exact) mass is 429 g/mol. The highest BCUT2D eigenvalue weighted by Gasteiger charge is 2.45. The molecular formula is C22H20ClNO6. The van der Waals surface area contributed by atoms with Crippen LogP contribution in [0.3, 0.4) is 0 Å². The summed E-state index contributed by atoms with van der Waals surface area (Å²) in [4.78, 5) is 37.7. The minimum atomic E-state index is -0.992. The zero-order valence-corrected chi connectivity index (χ0v) is 16.9. The lowest BCUT2D eigenvalue weighted by atomic mass is 9.95. The Bertz CT molecular complexity index is 997. The second kappa shape index (κ2) is 9.00. The van der Waals surface area contributed by atoms with Crippen molar-refractivity contribution in [2.45, 2.75) is 18.9 Å². The Morgan fingerprint density at radius 2 is 1.70 bits per heavy atom. The Hall–Kier alpha value is -3.32. The molecule has 2 N–H and O–H groups in total. The first kappa shape index (κ1) is 21.4. The molecule has 1 aliphatic heterocycles. The van der Waals surface area contributed by atoms with Crippen molar-refractivity contribution in [3.05, 3.63) is 70.3 Å². The molecule has 1 amide bonds. The first-order valence-electron chi connectivity index (χ1n) is 9.23. The van der Waals surface area contributed by atoms with E-state index in [1.165, 1.54) is 12.0 Å². The van der Waals surface area contributed by atoms with Crippen molar-refractivity contribution in [3.63, 3.8) is 0 Å². The summed E-state index contributed by atoms with van der Waals surface area (Å²) in [7, 11) is 1.52. The molecule has 8 heteroatoms. The number of likely N-dealkylation sites (tertiary alicyclic amines) is 1. The number of ether oxygens (including phenoxy) is 1. The van der Waals surface area contributed by atoms with E-state index in [2.05, 4.69) is 0 Å². The number of carboxylic acid groups (broad SMARTS) is 1. The molecule has 0 spiro atoms. The molecule has 3 rings (SSSR count). The molecule has 0 bridgehead atoms. The van der Waals surface area contributed by atoms with Crippen LogP contribution in [-0.4, -0.2) is 46.4 Å². The highest BCUT2D eigenvalue weighted by atomic mass is 35.5. The van der Waals surface area contributed by atoms with Crippen LogP contribution in [-0.2, 0) is 14.4 Å². The zero-order chi connectivity index (χ0) is 21.8. The second-order valence-corrected chi connectivity index (χ2v) is 7.21. The van der Waals surface area contributed by atoms with Crippen molar-refractivity contribution in [2.75, 3.05) is 13.7 Å². The fourth-order valence-electron chi connectivity index (χ4n) is 3.41. The van der Waals surface area contributed by atoms with Gasteiger partial charge in [0, 0.05) is 23.6 Å². The average Bonchev–Trinajstić information content (AvgIpc) is 2.98. The van der Waals surface area contributed by atoms with E-state index < -0.39 is 23.7 Å². The van der Waals surface area contributed by atoms with Crippen molar-refractivity contribution in [1.82, 2.24) is 4.90 Å². The average molecular weight is 430 g/mol. The number of aliphatic hydroxyl groups excluding tert-OH is 1. The van der Waals surface area contributed by atoms with Crippen LogP contribution in [0.5, 0.6) is 5.75 Å². The third-order valence-corrected chi connectivity index (χ3v) is 5.13. The van der Waals surface area contributed by atoms with E-state index in [-0.39, 0.29) is 30.7 Å². The van der Waals surface area contributed by atoms with Crippen LogP contribution < -0.4 is 4.74 Å². The number of carbonyl (C=O) groups excluding carboxylic acids is 2. The lowest BCUT2D eigenvalue weighted by molar-refractivity contribution is -0.140. The molecule has 2 aromatic rings. The molecule has 156 valence electrons. The molecule has 0 radical (unpaired) electrons. The molecule has 0 aromatic heterocycles. The molecular weight excluding hydrogens is 410 g/mol. The summed E-state index contributed by atoms with van der Waals surface area (Å²) in [5, 5.41) is 20.3. The van der Waals surface area contributed by atoms with Crippen molar-refractivity contribution in [1.29, 1.82) is 0 Å². The summed E-state index contributed by atoms with van der Waals surface area (Å²) in [6.45, 7) is 0.0605. The van der Waals surface area contributed by atoms with Gasteiger partial charge in [-0.15, -0.1) is 0 Å². The summed E-state index contributed by atoms with van der Waals surface area (Å²) in [6, 6.07) is 12.2. The summed E-state index contributed by atoms with van der Waals surface area (Å²) < 4.78 is 5.16. The van der Waals surface area contributed by atoms with Gasteiger partial charge in [-0.25, -0.2) is 0 Å². The number of hydrogen-bond donors (Lipinski definition) is 2. The number of aliphatic hydroxyl groups is 1. The van der Waals surface area contributed by atoms with Crippen LogP contribution in [0.25, 0.3) is 5.76 Å². The van der Waals surface area contributed by atoms with Crippen LogP contribution in [0, 0.1) is 0 Å². The zero-order valence-electron chi connectivity index (χ0n) is 16.2. The third kappa shape index (κ3) is 4.31. The predicted molar refractivity (Wildman–Crippen MR) is 110 cm³/mol. The molecule has 30 heavy (non-hydrogen) atoms. The number of hydrogen-bond acceptors (Lipinski definition) is 5. The Kier molecular flexibility index (Phi) is 6.42. The molecule has 1 aliphatic rings. The van der Waals surface area contributed by atoms with Crippen molar-refractivity contribution in [2.24, 2.45) is 0 Å². The molecule has 7 nitrogen and oxygen atoms in total. The molecule has 1 atom stereocenters. The predicted octanol–water partition coefficient (Wildman–Crippen LogP) is 3.64. The maximum Gasteiger partial charge on any atom is 0.303 e. The summed E-state index contributed by atoms with van der Waals surface area (Å²) in [5.41, 5.74) is 0.894. The van der Waals surface area contributed by atoms with Gasteiger partial charge in [-0.3, -0.25) is 14.4 Å². The number of halogens is 1. The lowest BCUT2D eigenvalue weighted by Gasteiger charge is -2.25. The van der Waals surface area contributed by atoms with Crippen molar-refractivity contribution in [3.8, 4) is 5.75 Å². The Balaban J connectivity index is 2.08. The van der Waals surface area contributed by atoms with Crippen LogP contribution in [0.15, 0.2) is 54.1 Å². The number of rotatable bonds is 7. The SMILES string of the molecule is COc1ccc([C@H]2/C(=C(\O)c3ccc(Cl)cc3)C(=O)C(=O)N2CCCC(=O)O)cc1. The summed E-state index contributed by atoms with van der Waals surface area (Å²) in [6.07, 6.45) is 0.0332. The maximum atomic E-state index is 12.8. The summed E-state index contributed by atoms with van der Waals surface area (Å²) >= 11 is 5.90. The normalized spacial score (nSPS) is 17.9. The van der Waals surface area contributed by atoms with Gasteiger partial charge >= 0.3 is 5.97 Å². The smallest absolute Gasteiger partial charge is 0.303 e. The van der Waals surface area contributed by atoms with E-state index in [1.54, 1.807) is 48.5 Å². The molecule has 2 aromatic carbocycles. The maximum absolute atomic E-state index is 12.8. The molecule has 1 fully saturated rings. The van der Waals surface area contributed by atoms with E-state index in [0.717, 1.165) is 0 Å². The van der Waals surface area contributed by atoms with E-state index >= 15 is 0 Å². The van der Waals surface area contributed by atoms with Gasteiger partial charge in [-0.2, -0.15) is 0 Å². The number of methoxy groups -OCH3 is 1. The van der Waals surface area contributed by atoms with Gasteiger partial charge in [-0.1, -0.05) is 23.7 Å². The standard InChI is InChI=1S/C22H20ClNO6/c1-30-16-10-6-13(7-11-16)19-18(20(27)14-4-8-15(23)9-5-14)21(28)22(29)24(19)12-2-3-17(25)26/h4-11,19,27H,2-3,12H2,1H3,(H,25,26)/b20-18+/t19-/m0/s1. The number of nitrogens with zero attached hydrogens (tertiary/aromatic N) is 1. The van der Waals surface area contributed by atoms with E-state index in [4.69, 9.17) is 21.4 Å². The van der Waals surface area contributed by atoms with Crippen molar-refractivity contribution < 1.29 is 29.3 Å². The minimum absolute atomic E-state index is 0.0529. The Morgan fingerprint density at radius 3 is 2.27 bits per heavy atom. The molecule has 0 unspecified atom stereocenters. The minimum Gasteiger partial charge on any atom is -0.507 e. The van der Waals surface area contributed by atoms with E-state index in [1.807, 2.05) is 0 Å². The van der Waals surface area contributed by atoms with Crippen LogP contribution >= 0.6 is 11.6 Å². The number of carbonyl (C=O) groups is 3. The number of benzene rings is 2. The van der Waals surface area contributed by atoms with Crippen LogP contribution in [0.4, 0.5) is 0 Å². The highest BCUT2D eigenvalue weighted by Crippen LogP contribution is 2.40. The van der Waals surface area contributed by atoms with Crippen molar-refractivity contribution >= 4 is 35.0 Å². The van der Waals surface area contributed by atoms with Gasteiger partial charge < -0.3 is 19.8 Å². The van der Waals surface area contributed by atoms with Gasteiger partial charge in [0.25, 0.3) is 11.7 Å². The van der Waals surface area contributed by atoms with Gasteiger partial charge in [0.1, 0.15) is 11.5 Å². The number of amides is 1. The molecule has 0 saturated carbocycles. The second-order valence-electron chi connectivity index (χ2n) is 6.77. The molecule has 1 saturated heterocycles. The highest BCUT2D eigenvalue weighted by molar-refractivity contribution is 6.46. The van der Waals surface area contributed by atoms with Crippen LogP contribution in [0.1, 0.15) is 30.0 Å². The fraction of sp³-hybridized carbons (Fsp3) is 0.227. The molecule has 0 aliphatic carbocycles. The number of carboxylic acids is 1. The van der Waals surface area contributed by atoms with Gasteiger partial charge in [0.05, 0.1) is 18.7 Å². The third-order valence-electron chi connectivity index (χ3n) is 4.88. The van der Waals surface area contributed by atoms with E-state index in [9.17, 15) is 19.5 Å². The Labute approximate surface area is 178 Å². The van der Waals surface area contributed by atoms with Gasteiger partial charge in [-0.05, 0) is 48.4 Å². The first-order valence-corrected chi connectivity index (χ1v) is 9.61. The van der Waals surface area contributed by atoms with Gasteiger partial charge in [0.15, 0.2) is 0 Å². The Morgan fingerprint density at radius 1 is 1.07 bits per heavy atom. The molecule has 1 heterocycles. The van der Waals surface area contributed by atoms with Gasteiger partial charge in [0.2, 0.25) is 0 Å². The lowest BCUT2D eigenvalue weighted by Crippen LogP contribution is -2.31. The topological polar surface area (TPSA) is 104 Å². The van der Waals surface area contributed by atoms with E-state index in [0.29, 0.717) is 21.9 Å². The first-order chi connectivity index (χ1) is 14.3. The largest absolute Gasteiger partial charge is 0.507 e. The number of Topliss-reactive ketones (excluding diaryl/α,β-unsaturated/α-hetero) is 1. The van der Waals surface area contributed by atoms with Crippen LogP contribution in [0.2, 0.25) is 5.02 Å². The number of ketones is 1.